The Balaban J connectivity index is 1.46. The average molecular weight is 440 g/mol. The molecule has 0 aromatic heterocycles. The molecule has 0 bridgehead atoms. The lowest BCUT2D eigenvalue weighted by atomic mass is 10.2. The maximum atomic E-state index is 12.4. The van der Waals surface area contributed by atoms with E-state index in [1.165, 1.54) is 5.56 Å². The topological polar surface area (TPSA) is 91.1 Å². The average Bonchev–Trinajstić information content (AvgIpc) is 2.79. The SMILES string of the molecule is COCCN(CC(N)=O)CC(=O)Nc1ccc(N2CCN(Cc3ccccc3)CC2)cc1. The van der Waals surface area contributed by atoms with E-state index in [0.29, 0.717) is 13.2 Å². The van der Waals surface area contributed by atoms with Crippen LogP contribution in [-0.2, 0) is 20.9 Å². The Morgan fingerprint density at radius 3 is 2.31 bits per heavy atom. The zero-order chi connectivity index (χ0) is 22.8. The van der Waals surface area contributed by atoms with Crippen molar-refractivity contribution in [1.82, 2.24) is 9.80 Å². The first kappa shape index (κ1) is 23.7. The van der Waals surface area contributed by atoms with Gasteiger partial charge in [0.2, 0.25) is 11.8 Å². The van der Waals surface area contributed by atoms with Crippen molar-refractivity contribution in [3.8, 4) is 0 Å². The number of primary amides is 1. The van der Waals surface area contributed by atoms with Gasteiger partial charge in [-0.05, 0) is 29.8 Å². The highest BCUT2D eigenvalue weighted by molar-refractivity contribution is 5.92. The fourth-order valence-electron chi connectivity index (χ4n) is 3.82. The van der Waals surface area contributed by atoms with Gasteiger partial charge in [0.1, 0.15) is 0 Å². The van der Waals surface area contributed by atoms with Crippen LogP contribution in [0.15, 0.2) is 54.6 Å². The van der Waals surface area contributed by atoms with E-state index >= 15 is 0 Å². The fraction of sp³-hybridized carbons (Fsp3) is 0.417. The minimum Gasteiger partial charge on any atom is -0.383 e. The molecule has 1 aliphatic heterocycles. The third-order valence-electron chi connectivity index (χ3n) is 5.50. The van der Waals surface area contributed by atoms with E-state index in [-0.39, 0.29) is 19.0 Å². The van der Waals surface area contributed by atoms with Crippen molar-refractivity contribution in [3.05, 3.63) is 60.2 Å². The maximum Gasteiger partial charge on any atom is 0.238 e. The van der Waals surface area contributed by atoms with E-state index in [9.17, 15) is 9.59 Å². The second-order valence-electron chi connectivity index (χ2n) is 8.01. The lowest BCUT2D eigenvalue weighted by molar-refractivity contribution is -0.121. The van der Waals surface area contributed by atoms with Crippen molar-refractivity contribution >= 4 is 23.2 Å². The lowest BCUT2D eigenvalue weighted by Crippen LogP contribution is -2.45. The van der Waals surface area contributed by atoms with E-state index in [1.54, 1.807) is 12.0 Å². The minimum absolute atomic E-state index is 0.0198. The molecular weight excluding hydrogens is 406 g/mol. The Kier molecular flexibility index (Phi) is 9.03. The van der Waals surface area contributed by atoms with Crippen molar-refractivity contribution in [2.24, 2.45) is 5.73 Å². The first-order chi connectivity index (χ1) is 15.5. The van der Waals surface area contributed by atoms with Gasteiger partial charge < -0.3 is 20.7 Å². The van der Waals surface area contributed by atoms with E-state index in [4.69, 9.17) is 10.5 Å². The highest BCUT2D eigenvalue weighted by Crippen LogP contribution is 2.20. The molecule has 0 unspecified atom stereocenters. The van der Waals surface area contributed by atoms with Crippen LogP contribution in [-0.4, -0.2) is 81.1 Å². The van der Waals surface area contributed by atoms with Crippen molar-refractivity contribution in [2.45, 2.75) is 6.54 Å². The summed E-state index contributed by atoms with van der Waals surface area (Å²) in [4.78, 5) is 30.1. The van der Waals surface area contributed by atoms with Crippen LogP contribution in [0.1, 0.15) is 5.56 Å². The first-order valence-electron chi connectivity index (χ1n) is 10.9. The van der Waals surface area contributed by atoms with Gasteiger partial charge in [0.05, 0.1) is 19.7 Å². The molecule has 3 N–H and O–H groups in total. The molecule has 3 rings (SSSR count). The minimum atomic E-state index is -0.470. The number of methoxy groups -OCH3 is 1. The van der Waals surface area contributed by atoms with Crippen LogP contribution in [0.5, 0.6) is 0 Å². The number of ether oxygens (including phenoxy) is 1. The predicted octanol–water partition coefficient (Wildman–Crippen LogP) is 1.38. The summed E-state index contributed by atoms with van der Waals surface area (Å²) in [7, 11) is 1.58. The number of hydrogen-bond acceptors (Lipinski definition) is 6. The molecule has 2 aromatic carbocycles. The van der Waals surface area contributed by atoms with Crippen molar-refractivity contribution in [1.29, 1.82) is 0 Å². The summed E-state index contributed by atoms with van der Waals surface area (Å²) >= 11 is 0. The van der Waals surface area contributed by atoms with E-state index in [1.807, 2.05) is 30.3 Å². The summed E-state index contributed by atoms with van der Waals surface area (Å²) in [6, 6.07) is 18.5. The highest BCUT2D eigenvalue weighted by Gasteiger charge is 2.18. The number of amides is 2. The van der Waals surface area contributed by atoms with Gasteiger partial charge in [-0.25, -0.2) is 0 Å². The number of nitrogens with zero attached hydrogens (tertiary/aromatic N) is 3. The molecule has 0 aliphatic carbocycles. The predicted molar refractivity (Wildman–Crippen MR) is 127 cm³/mol. The number of nitrogens with one attached hydrogen (secondary N) is 1. The first-order valence-corrected chi connectivity index (χ1v) is 10.9. The Morgan fingerprint density at radius 1 is 1.00 bits per heavy atom. The Hall–Kier alpha value is -2.94. The molecule has 0 saturated carbocycles. The maximum absolute atomic E-state index is 12.4. The monoisotopic (exact) mass is 439 g/mol. The molecule has 8 heteroatoms. The van der Waals surface area contributed by atoms with Crippen LogP contribution in [0.2, 0.25) is 0 Å². The summed E-state index contributed by atoms with van der Waals surface area (Å²) in [6.45, 7) is 5.95. The zero-order valence-corrected chi connectivity index (χ0v) is 18.7. The summed E-state index contributed by atoms with van der Waals surface area (Å²) in [5.74, 6) is -0.660. The Morgan fingerprint density at radius 2 is 1.69 bits per heavy atom. The molecule has 1 saturated heterocycles. The summed E-state index contributed by atoms with van der Waals surface area (Å²) < 4.78 is 5.03. The number of rotatable bonds is 11. The summed E-state index contributed by atoms with van der Waals surface area (Å²) in [5.41, 5.74) is 8.49. The van der Waals surface area contributed by atoms with Crippen LogP contribution in [0.25, 0.3) is 0 Å². The smallest absolute Gasteiger partial charge is 0.238 e. The van der Waals surface area contributed by atoms with Crippen molar-refractivity contribution in [3.63, 3.8) is 0 Å². The molecule has 0 radical (unpaired) electrons. The standard InChI is InChI=1S/C24H33N5O3/c1-32-16-15-28(18-23(25)30)19-24(31)26-21-7-9-22(10-8-21)29-13-11-27(12-14-29)17-20-5-3-2-4-6-20/h2-10H,11-19H2,1H3,(H2,25,30)(H,26,31). The molecule has 1 heterocycles. The molecule has 172 valence electrons. The van der Waals surface area contributed by atoms with Crippen LogP contribution >= 0.6 is 0 Å². The number of benzene rings is 2. The molecule has 2 aromatic rings. The van der Waals surface area contributed by atoms with Crippen LogP contribution in [0.4, 0.5) is 11.4 Å². The van der Waals surface area contributed by atoms with E-state index in [0.717, 1.165) is 44.1 Å². The lowest BCUT2D eigenvalue weighted by Gasteiger charge is -2.36. The van der Waals surface area contributed by atoms with E-state index in [2.05, 4.69) is 39.4 Å². The summed E-state index contributed by atoms with van der Waals surface area (Å²) in [6.07, 6.45) is 0. The van der Waals surface area contributed by atoms with Gasteiger partial charge in [-0.1, -0.05) is 30.3 Å². The number of anilines is 2. The van der Waals surface area contributed by atoms with Gasteiger partial charge in [-0.15, -0.1) is 0 Å². The van der Waals surface area contributed by atoms with Gasteiger partial charge in [-0.3, -0.25) is 19.4 Å². The van der Waals surface area contributed by atoms with Gasteiger partial charge in [0, 0.05) is 57.8 Å². The zero-order valence-electron chi connectivity index (χ0n) is 18.7. The number of piperazine rings is 1. The van der Waals surface area contributed by atoms with Crippen LogP contribution in [0, 0.1) is 0 Å². The fourth-order valence-corrected chi connectivity index (χ4v) is 3.82. The highest BCUT2D eigenvalue weighted by atomic mass is 16.5. The number of nitrogens with two attached hydrogens (primary N) is 1. The second kappa shape index (κ2) is 12.2. The van der Waals surface area contributed by atoms with Crippen LogP contribution < -0.4 is 16.0 Å². The Bertz CT molecular complexity index is 852. The molecule has 2 amide bonds. The second-order valence-corrected chi connectivity index (χ2v) is 8.01. The van der Waals surface area contributed by atoms with Gasteiger partial charge in [-0.2, -0.15) is 0 Å². The Labute approximate surface area is 189 Å². The molecule has 1 aliphatic rings. The van der Waals surface area contributed by atoms with Gasteiger partial charge in [0.15, 0.2) is 0 Å². The number of carbonyl (C=O) groups is 2. The molecular formula is C24H33N5O3. The number of carbonyl (C=O) groups excluding carboxylic acids is 2. The van der Waals surface area contributed by atoms with Gasteiger partial charge >= 0.3 is 0 Å². The largest absolute Gasteiger partial charge is 0.383 e. The molecule has 1 fully saturated rings. The molecule has 0 atom stereocenters. The molecule has 32 heavy (non-hydrogen) atoms. The molecule has 0 spiro atoms. The van der Waals surface area contributed by atoms with Crippen molar-refractivity contribution < 1.29 is 14.3 Å². The third kappa shape index (κ3) is 7.64. The summed E-state index contributed by atoms with van der Waals surface area (Å²) in [5, 5.41) is 2.89. The molecule has 8 nitrogen and oxygen atoms in total. The normalized spacial score (nSPS) is 14.5. The quantitative estimate of drug-likeness (QED) is 0.550. The van der Waals surface area contributed by atoms with Crippen molar-refractivity contribution in [2.75, 3.05) is 69.7 Å². The number of hydrogen-bond donors (Lipinski definition) is 2. The van der Waals surface area contributed by atoms with Crippen LogP contribution in [0.3, 0.4) is 0 Å². The van der Waals surface area contributed by atoms with Gasteiger partial charge in [0.25, 0.3) is 0 Å². The third-order valence-corrected chi connectivity index (χ3v) is 5.50. The van der Waals surface area contributed by atoms with E-state index < -0.39 is 5.91 Å².